The van der Waals surface area contributed by atoms with E-state index in [1.54, 1.807) is 55.8 Å². The lowest BCUT2D eigenvalue weighted by atomic mass is 9.97. The molecule has 1 fully saturated rings. The van der Waals surface area contributed by atoms with E-state index in [2.05, 4.69) is 0 Å². The highest BCUT2D eigenvalue weighted by atomic mass is 32.2. The number of hydrogen-bond donors (Lipinski definition) is 0. The number of ether oxygens (including phenoxy) is 3. The van der Waals surface area contributed by atoms with Crippen molar-refractivity contribution in [1.82, 2.24) is 19.3 Å². The molecule has 0 bridgehead atoms. The van der Waals surface area contributed by atoms with Gasteiger partial charge in [0.05, 0.1) is 25.0 Å². The monoisotopic (exact) mass is 758 g/mol. The number of halogens is 1. The van der Waals surface area contributed by atoms with Gasteiger partial charge in [-0.3, -0.25) is 18.0 Å². The normalized spacial score (nSPS) is 13.9. The number of carbonyl (C=O) groups is 2. The number of benzene rings is 2. The molecule has 12 nitrogen and oxygen atoms in total. The van der Waals surface area contributed by atoms with E-state index in [1.807, 2.05) is 51.4 Å². The van der Waals surface area contributed by atoms with E-state index in [0.29, 0.717) is 28.7 Å². The topological polar surface area (TPSA) is 141 Å². The van der Waals surface area contributed by atoms with Gasteiger partial charge in [-0.1, -0.05) is 18.2 Å². The third kappa shape index (κ3) is 8.19. The van der Waals surface area contributed by atoms with Crippen molar-refractivity contribution in [2.75, 3.05) is 18.0 Å². The van der Waals surface area contributed by atoms with Crippen molar-refractivity contribution in [1.29, 1.82) is 0 Å². The number of hydrogen-bond acceptors (Lipinski definition) is 9. The quantitative estimate of drug-likeness (QED) is 0.102. The Morgan fingerprint density at radius 3 is 2.30 bits per heavy atom. The van der Waals surface area contributed by atoms with Crippen LogP contribution < -0.4 is 9.04 Å². The summed E-state index contributed by atoms with van der Waals surface area (Å²) in [5.41, 5.74) is 4.86. The third-order valence-electron chi connectivity index (χ3n) is 8.89. The highest BCUT2D eigenvalue weighted by molar-refractivity contribution is 7.80. The van der Waals surface area contributed by atoms with Crippen molar-refractivity contribution in [3.63, 3.8) is 0 Å². The highest BCUT2D eigenvalue weighted by Gasteiger charge is 2.38. The summed E-state index contributed by atoms with van der Waals surface area (Å²) in [6, 6.07) is 13.3. The summed E-state index contributed by atoms with van der Waals surface area (Å²) < 4.78 is 60.4. The van der Waals surface area contributed by atoms with E-state index in [4.69, 9.17) is 24.3 Å². The summed E-state index contributed by atoms with van der Waals surface area (Å²) in [7, 11) is 1.41. The van der Waals surface area contributed by atoms with Crippen molar-refractivity contribution >= 4 is 40.0 Å². The van der Waals surface area contributed by atoms with Gasteiger partial charge in [-0.05, 0) is 110 Å². The van der Waals surface area contributed by atoms with Crippen LogP contribution in [0.4, 0.5) is 14.9 Å². The Balaban J connectivity index is 1.55. The Labute approximate surface area is 316 Å². The summed E-state index contributed by atoms with van der Waals surface area (Å²) in [4.78, 5) is 31.7. The third-order valence-corrected chi connectivity index (χ3v) is 9.58. The van der Waals surface area contributed by atoms with Crippen LogP contribution in [0.2, 0.25) is 0 Å². The number of methoxy groups -OCH3 is 1. The predicted octanol–water partition coefficient (Wildman–Crippen LogP) is 7.98. The fraction of sp³-hybridized carbons (Fsp3) is 0.400. The highest BCUT2D eigenvalue weighted by Crippen LogP contribution is 2.50. The molecule has 1 aliphatic carbocycles. The lowest BCUT2D eigenvalue weighted by Crippen LogP contribution is -2.36. The molecule has 1 saturated carbocycles. The number of anilines is 1. The van der Waals surface area contributed by atoms with Gasteiger partial charge in [0, 0.05) is 56.8 Å². The van der Waals surface area contributed by atoms with Gasteiger partial charge in [0.2, 0.25) is 0 Å². The Hall–Kier alpha value is -5.08. The first-order valence-corrected chi connectivity index (χ1v) is 18.7. The van der Waals surface area contributed by atoms with Crippen molar-refractivity contribution in [2.45, 2.75) is 91.9 Å². The lowest BCUT2D eigenvalue weighted by molar-refractivity contribution is -0.152. The van der Waals surface area contributed by atoms with Gasteiger partial charge < -0.3 is 18.8 Å². The molecule has 2 aromatic carbocycles. The van der Waals surface area contributed by atoms with Crippen molar-refractivity contribution in [3.05, 3.63) is 83.2 Å². The van der Waals surface area contributed by atoms with Gasteiger partial charge in [0.25, 0.3) is 0 Å². The minimum atomic E-state index is -2.86. The Bertz CT molecular complexity index is 2280. The summed E-state index contributed by atoms with van der Waals surface area (Å²) >= 11 is -2.86. The van der Waals surface area contributed by atoms with Crippen molar-refractivity contribution < 1.29 is 37.0 Å². The number of pyridine rings is 1. The van der Waals surface area contributed by atoms with E-state index < -0.39 is 41.1 Å². The molecule has 0 aliphatic heterocycles. The fourth-order valence-electron chi connectivity index (χ4n) is 6.63. The van der Waals surface area contributed by atoms with Gasteiger partial charge in [-0.25, -0.2) is 18.7 Å². The van der Waals surface area contributed by atoms with E-state index >= 15 is 0 Å². The zero-order valence-corrected chi connectivity index (χ0v) is 32.8. The molecule has 1 unspecified atom stereocenters. The van der Waals surface area contributed by atoms with Crippen LogP contribution in [-0.2, 0) is 32.1 Å². The number of carbonyl (C=O) groups excluding carboxylic acids is 2. The molecule has 1 atom stereocenters. The second-order valence-corrected chi connectivity index (χ2v) is 16.4. The Kier molecular flexibility index (Phi) is 10.5. The number of nitrogens with zero attached hydrogens (tertiary/aromatic N) is 5. The molecule has 54 heavy (non-hydrogen) atoms. The largest absolute Gasteiger partial charge is 0.755 e. The number of aryl methyl sites for hydroxylation is 1. The molecular weight excluding hydrogens is 714 g/mol. The zero-order chi connectivity index (χ0) is 39.3. The average molecular weight is 759 g/mol. The van der Waals surface area contributed by atoms with Gasteiger partial charge >= 0.3 is 12.1 Å². The minimum Gasteiger partial charge on any atom is -0.755 e. The Morgan fingerprint density at radius 2 is 1.69 bits per heavy atom. The molecule has 0 spiro atoms. The maximum atomic E-state index is 14.1. The summed E-state index contributed by atoms with van der Waals surface area (Å²) in [6.45, 7) is 14.2. The molecule has 0 amide bonds. The van der Waals surface area contributed by atoms with Crippen LogP contribution >= 0.6 is 0 Å². The molecule has 1 aliphatic rings. The first kappa shape index (κ1) is 38.6. The number of aromatic nitrogens is 4. The Morgan fingerprint density at radius 1 is 0.981 bits per heavy atom. The summed E-state index contributed by atoms with van der Waals surface area (Å²) in [5, 5.41) is 5.55. The maximum absolute atomic E-state index is 14.1. The van der Waals surface area contributed by atoms with E-state index in [1.165, 1.54) is 19.2 Å². The van der Waals surface area contributed by atoms with Crippen LogP contribution in [0.25, 0.3) is 33.3 Å². The average Bonchev–Trinajstić information content (AvgIpc) is 3.81. The smallest absolute Gasteiger partial charge is 0.420 e. The van der Waals surface area contributed by atoms with Crippen LogP contribution in [0.15, 0.2) is 54.7 Å². The summed E-state index contributed by atoms with van der Waals surface area (Å²) in [5.74, 6) is -0.769. The van der Waals surface area contributed by atoms with Gasteiger partial charge in [-0.2, -0.15) is 5.10 Å². The van der Waals surface area contributed by atoms with Crippen LogP contribution in [-0.4, -0.2) is 65.0 Å². The molecule has 14 heteroatoms. The fourth-order valence-corrected chi connectivity index (χ4v) is 7.15. The van der Waals surface area contributed by atoms with Gasteiger partial charge in [0.1, 0.15) is 35.0 Å². The second kappa shape index (κ2) is 14.6. The number of esters is 1. The van der Waals surface area contributed by atoms with Crippen LogP contribution in [0.3, 0.4) is 0 Å². The van der Waals surface area contributed by atoms with Crippen molar-refractivity contribution in [3.8, 4) is 28.0 Å². The zero-order valence-electron chi connectivity index (χ0n) is 32.0. The lowest BCUT2D eigenvalue weighted by Gasteiger charge is -2.29. The van der Waals surface area contributed by atoms with Crippen LogP contribution in [0.5, 0.6) is 5.75 Å². The van der Waals surface area contributed by atoms with Crippen LogP contribution in [0.1, 0.15) is 82.9 Å². The van der Waals surface area contributed by atoms with Gasteiger partial charge in [0.15, 0.2) is 0 Å². The van der Waals surface area contributed by atoms with Crippen molar-refractivity contribution in [2.24, 2.45) is 0 Å². The van der Waals surface area contributed by atoms with Gasteiger partial charge in [-0.15, -0.1) is 0 Å². The molecule has 0 N–H and O–H groups in total. The van der Waals surface area contributed by atoms with Crippen LogP contribution in [0, 0.1) is 19.7 Å². The molecule has 3 heterocycles. The molecule has 3 aromatic heterocycles. The first-order chi connectivity index (χ1) is 25.3. The number of rotatable bonds is 10. The maximum Gasteiger partial charge on any atom is 0.420 e. The molecular formula is C40H45FN5O7S-. The van der Waals surface area contributed by atoms with E-state index in [9.17, 15) is 22.7 Å². The number of fused-ring (bicyclic) bond motifs is 1. The predicted molar refractivity (Wildman–Crippen MR) is 204 cm³/mol. The van der Waals surface area contributed by atoms with E-state index in [0.717, 1.165) is 50.9 Å². The molecule has 5 aromatic rings. The SMILES string of the molecule is COc1ccc(-c2cnc3c(c2)c(-c2c(C)nn(Cc4cccc(F)c4)c2C)c(C2CC2)n3C(=O)OC(C)(C)C)cc1N(CC(=O)OC(C)(C)C)S(=O)[O-]. The molecule has 0 radical (unpaired) electrons. The second-order valence-electron chi connectivity index (χ2n) is 15.5. The molecule has 0 saturated heterocycles. The molecule has 286 valence electrons. The standard InChI is InChI=1S/C40H46FN5O7S/c1-23-34(24(2)44(43-23)21-25-11-10-12-29(41)17-25)35-30-18-28(20-42-37(30)46(36(35)26-13-14-26)38(48)53-40(6,7)8)27-15-16-32(51-9)31(19-27)45(54(49)50)22-33(47)52-39(3,4)5/h10-12,15-20,26H,13-14,21-22H2,1-9H3,(H,49,50)/p-1. The summed E-state index contributed by atoms with van der Waals surface area (Å²) in [6.07, 6.45) is 2.81. The molecule has 6 rings (SSSR count). The van der Waals surface area contributed by atoms with E-state index in [-0.39, 0.29) is 23.2 Å². The first-order valence-electron chi connectivity index (χ1n) is 17.7. The minimum absolute atomic E-state index is 0.0663.